The van der Waals surface area contributed by atoms with Crippen molar-refractivity contribution < 1.29 is 4.79 Å². The number of hydrogen-bond donors (Lipinski definition) is 0. The number of unbranched alkanes of at least 4 members (excludes halogenated alkanes) is 1. The van der Waals surface area contributed by atoms with E-state index in [-0.39, 0.29) is 0 Å². The van der Waals surface area contributed by atoms with Crippen molar-refractivity contribution in [2.75, 3.05) is 0 Å². The first kappa shape index (κ1) is 13.5. The maximum atomic E-state index is 11.2. The molecule has 0 bridgehead atoms. The molecule has 1 aromatic carbocycles. The zero-order valence-corrected chi connectivity index (χ0v) is 12.0. The third kappa shape index (κ3) is 2.44. The Morgan fingerprint density at radius 3 is 2.95 bits per heavy atom. The Bertz CT molecular complexity index is 771. The molecule has 106 valence electrons. The van der Waals surface area contributed by atoms with E-state index in [0.29, 0.717) is 5.56 Å². The average Bonchev–Trinajstić information content (AvgIpc) is 2.95. The van der Waals surface area contributed by atoms with Gasteiger partial charge >= 0.3 is 0 Å². The van der Waals surface area contributed by atoms with Crippen LogP contribution in [0.2, 0.25) is 0 Å². The van der Waals surface area contributed by atoms with Gasteiger partial charge in [0.2, 0.25) is 0 Å². The molecule has 0 atom stereocenters. The molecule has 0 fully saturated rings. The molecule has 2 aromatic heterocycles. The van der Waals surface area contributed by atoms with Crippen LogP contribution in [0.25, 0.3) is 16.6 Å². The first-order valence-electron chi connectivity index (χ1n) is 7.21. The first-order valence-corrected chi connectivity index (χ1v) is 7.21. The highest BCUT2D eigenvalue weighted by atomic mass is 16.1. The van der Waals surface area contributed by atoms with Crippen LogP contribution in [0, 0.1) is 0 Å². The standard InChI is InChI=1S/C17H17N3O/c1-2-3-8-16-13(12-21)11-19-20(16)17-9-4-7-15-14(17)6-5-10-18-15/h4-7,9-12H,2-3,8H2,1H3. The van der Waals surface area contributed by atoms with Crippen molar-refractivity contribution >= 4 is 17.2 Å². The first-order chi connectivity index (χ1) is 10.3. The van der Waals surface area contributed by atoms with Crippen LogP contribution in [0.15, 0.2) is 42.7 Å². The number of carbonyl (C=O) groups excluding carboxylic acids is 1. The lowest BCUT2D eigenvalue weighted by Crippen LogP contribution is -2.04. The molecule has 0 unspecified atom stereocenters. The van der Waals surface area contributed by atoms with Gasteiger partial charge in [0.15, 0.2) is 6.29 Å². The minimum absolute atomic E-state index is 0.671. The van der Waals surface area contributed by atoms with E-state index in [2.05, 4.69) is 17.0 Å². The zero-order valence-electron chi connectivity index (χ0n) is 12.0. The van der Waals surface area contributed by atoms with Crippen molar-refractivity contribution in [3.63, 3.8) is 0 Å². The normalized spacial score (nSPS) is 10.9. The van der Waals surface area contributed by atoms with E-state index < -0.39 is 0 Å². The van der Waals surface area contributed by atoms with Crippen LogP contribution in [-0.4, -0.2) is 21.1 Å². The van der Waals surface area contributed by atoms with Gasteiger partial charge in [-0.1, -0.05) is 19.4 Å². The van der Waals surface area contributed by atoms with E-state index in [0.717, 1.165) is 47.8 Å². The average molecular weight is 279 g/mol. The summed E-state index contributed by atoms with van der Waals surface area (Å²) in [5, 5.41) is 5.46. The molecule has 3 rings (SSSR count). The summed E-state index contributed by atoms with van der Waals surface area (Å²) < 4.78 is 1.88. The molecule has 0 aliphatic heterocycles. The second kappa shape index (κ2) is 5.87. The number of nitrogens with zero attached hydrogens (tertiary/aromatic N) is 3. The third-order valence-electron chi connectivity index (χ3n) is 3.65. The second-order valence-corrected chi connectivity index (χ2v) is 5.03. The van der Waals surface area contributed by atoms with Gasteiger partial charge in [-0.3, -0.25) is 9.78 Å². The highest BCUT2D eigenvalue weighted by Gasteiger charge is 2.13. The Balaban J connectivity index is 2.18. The summed E-state index contributed by atoms with van der Waals surface area (Å²) in [5.41, 5.74) is 3.55. The van der Waals surface area contributed by atoms with Gasteiger partial charge in [-0.25, -0.2) is 4.68 Å². The highest BCUT2D eigenvalue weighted by Crippen LogP contribution is 2.23. The zero-order chi connectivity index (χ0) is 14.7. The van der Waals surface area contributed by atoms with E-state index in [9.17, 15) is 4.79 Å². The number of aldehydes is 1. The highest BCUT2D eigenvalue weighted by molar-refractivity contribution is 5.87. The van der Waals surface area contributed by atoms with Crippen LogP contribution < -0.4 is 0 Å². The molecule has 0 amide bonds. The van der Waals surface area contributed by atoms with Crippen molar-refractivity contribution in [2.45, 2.75) is 26.2 Å². The van der Waals surface area contributed by atoms with Gasteiger partial charge in [-0.2, -0.15) is 5.10 Å². The number of hydrogen-bond acceptors (Lipinski definition) is 3. The smallest absolute Gasteiger partial charge is 0.153 e. The quantitative estimate of drug-likeness (QED) is 0.671. The molecule has 0 spiro atoms. The van der Waals surface area contributed by atoms with E-state index >= 15 is 0 Å². The van der Waals surface area contributed by atoms with Crippen LogP contribution in [0.4, 0.5) is 0 Å². The Morgan fingerprint density at radius 2 is 2.14 bits per heavy atom. The van der Waals surface area contributed by atoms with Gasteiger partial charge in [0, 0.05) is 11.6 Å². The van der Waals surface area contributed by atoms with Crippen LogP contribution in [-0.2, 0) is 6.42 Å². The van der Waals surface area contributed by atoms with Gasteiger partial charge in [-0.05, 0) is 37.1 Å². The Labute approximate surface area is 123 Å². The predicted octanol–water partition coefficient (Wildman–Crippen LogP) is 3.58. The van der Waals surface area contributed by atoms with Crippen LogP contribution in [0.1, 0.15) is 35.8 Å². The van der Waals surface area contributed by atoms with Crippen molar-refractivity contribution in [1.82, 2.24) is 14.8 Å². The van der Waals surface area contributed by atoms with Gasteiger partial charge < -0.3 is 0 Å². The molecule has 0 saturated carbocycles. The molecule has 0 aliphatic rings. The fraction of sp³-hybridized carbons (Fsp3) is 0.235. The Hall–Kier alpha value is -2.49. The van der Waals surface area contributed by atoms with Crippen molar-refractivity contribution in [3.05, 3.63) is 54.0 Å². The summed E-state index contributed by atoms with van der Waals surface area (Å²) in [7, 11) is 0. The molecule has 4 heteroatoms. The predicted molar refractivity (Wildman–Crippen MR) is 82.9 cm³/mol. The van der Waals surface area contributed by atoms with E-state index in [1.54, 1.807) is 12.4 Å². The maximum Gasteiger partial charge on any atom is 0.153 e. The lowest BCUT2D eigenvalue weighted by Gasteiger charge is -2.10. The second-order valence-electron chi connectivity index (χ2n) is 5.03. The van der Waals surface area contributed by atoms with Crippen molar-refractivity contribution in [3.8, 4) is 5.69 Å². The fourth-order valence-corrected chi connectivity index (χ4v) is 2.56. The molecular weight excluding hydrogens is 262 g/mol. The van der Waals surface area contributed by atoms with Gasteiger partial charge in [-0.15, -0.1) is 0 Å². The van der Waals surface area contributed by atoms with Crippen LogP contribution in [0.3, 0.4) is 0 Å². The van der Waals surface area contributed by atoms with Gasteiger partial charge in [0.05, 0.1) is 28.7 Å². The molecule has 2 heterocycles. The SMILES string of the molecule is CCCCc1c(C=O)cnn1-c1cccc2ncccc12. The maximum absolute atomic E-state index is 11.2. The summed E-state index contributed by atoms with van der Waals surface area (Å²) in [6, 6.07) is 9.91. The van der Waals surface area contributed by atoms with Gasteiger partial charge in [0.1, 0.15) is 0 Å². The molecule has 0 radical (unpaired) electrons. The lowest BCUT2D eigenvalue weighted by molar-refractivity contribution is 0.112. The summed E-state index contributed by atoms with van der Waals surface area (Å²) in [6.45, 7) is 2.14. The molecule has 0 N–H and O–H groups in total. The van der Waals surface area contributed by atoms with E-state index in [4.69, 9.17) is 0 Å². The summed E-state index contributed by atoms with van der Waals surface area (Å²) in [5.74, 6) is 0. The molecule has 21 heavy (non-hydrogen) atoms. The number of benzene rings is 1. The van der Waals surface area contributed by atoms with Gasteiger partial charge in [0.25, 0.3) is 0 Å². The summed E-state index contributed by atoms with van der Waals surface area (Å²) >= 11 is 0. The number of fused-ring (bicyclic) bond motifs is 1. The summed E-state index contributed by atoms with van der Waals surface area (Å²) in [6.07, 6.45) is 7.28. The largest absolute Gasteiger partial charge is 0.298 e. The summed E-state index contributed by atoms with van der Waals surface area (Å²) in [4.78, 5) is 15.6. The number of carbonyl (C=O) groups is 1. The van der Waals surface area contributed by atoms with Crippen molar-refractivity contribution in [1.29, 1.82) is 0 Å². The molecule has 0 saturated heterocycles. The molecule has 0 aliphatic carbocycles. The van der Waals surface area contributed by atoms with Crippen LogP contribution in [0.5, 0.6) is 0 Å². The van der Waals surface area contributed by atoms with Crippen molar-refractivity contribution in [2.24, 2.45) is 0 Å². The monoisotopic (exact) mass is 279 g/mol. The third-order valence-corrected chi connectivity index (χ3v) is 3.65. The van der Waals surface area contributed by atoms with E-state index in [1.807, 2.05) is 35.0 Å². The Kier molecular flexibility index (Phi) is 3.77. The number of aromatic nitrogens is 3. The number of rotatable bonds is 5. The fourth-order valence-electron chi connectivity index (χ4n) is 2.56. The van der Waals surface area contributed by atoms with E-state index in [1.165, 1.54) is 0 Å². The lowest BCUT2D eigenvalue weighted by atomic mass is 10.1. The molecule has 4 nitrogen and oxygen atoms in total. The molecule has 3 aromatic rings. The Morgan fingerprint density at radius 1 is 1.24 bits per heavy atom. The minimum atomic E-state index is 0.671. The topological polar surface area (TPSA) is 47.8 Å². The van der Waals surface area contributed by atoms with Crippen LogP contribution >= 0.6 is 0 Å². The number of pyridine rings is 1. The minimum Gasteiger partial charge on any atom is -0.298 e. The molecular formula is C17H17N3O.